The van der Waals surface area contributed by atoms with Gasteiger partial charge in [-0.3, -0.25) is 0 Å². The number of hydrogen-bond acceptors (Lipinski definition) is 1. The van der Waals surface area contributed by atoms with Crippen LogP contribution in [0.25, 0.3) is 16.5 Å². The van der Waals surface area contributed by atoms with Gasteiger partial charge < -0.3 is 9.88 Å². The molecule has 2 nitrogen and oxygen atoms in total. The Hall–Kier alpha value is -1.54. The molecule has 1 aromatic carbocycles. The molecule has 1 aliphatic heterocycles. The Kier molecular flexibility index (Phi) is 2.29. The van der Waals surface area contributed by atoms with Crippen LogP contribution in [0.3, 0.4) is 0 Å². The fourth-order valence-corrected chi connectivity index (χ4v) is 2.34. The van der Waals surface area contributed by atoms with E-state index in [1.165, 1.54) is 28.7 Å². The van der Waals surface area contributed by atoms with Crippen LogP contribution in [0.4, 0.5) is 0 Å². The van der Waals surface area contributed by atoms with Crippen LogP contribution in [0.1, 0.15) is 12.1 Å². The summed E-state index contributed by atoms with van der Waals surface area (Å²) < 4.78 is 0. The third-order valence-corrected chi connectivity index (χ3v) is 3.22. The molecule has 0 spiro atoms. The molecule has 0 unspecified atom stereocenters. The number of benzene rings is 1. The van der Waals surface area contributed by atoms with Crippen LogP contribution < -0.4 is 0 Å². The Morgan fingerprint density at radius 1 is 1.25 bits per heavy atom. The first-order chi connectivity index (χ1) is 7.83. The predicted molar refractivity (Wildman–Crippen MR) is 68.4 cm³/mol. The first-order valence-electron chi connectivity index (χ1n) is 5.78. The number of fused-ring (bicyclic) bond motifs is 1. The van der Waals surface area contributed by atoms with Gasteiger partial charge in [-0.05, 0) is 36.6 Å². The van der Waals surface area contributed by atoms with E-state index in [0.717, 1.165) is 13.0 Å². The van der Waals surface area contributed by atoms with Crippen LogP contribution in [0.5, 0.6) is 0 Å². The average molecular weight is 212 g/mol. The lowest BCUT2D eigenvalue weighted by molar-refractivity contribution is 0.372. The Labute approximate surface area is 95.6 Å². The molecular formula is C14H16N2. The second-order valence-electron chi connectivity index (χ2n) is 4.53. The molecule has 3 rings (SSSR count). The largest absolute Gasteiger partial charge is 0.355 e. The second-order valence-corrected chi connectivity index (χ2v) is 4.53. The van der Waals surface area contributed by atoms with Gasteiger partial charge in [0.15, 0.2) is 0 Å². The molecule has 16 heavy (non-hydrogen) atoms. The highest BCUT2D eigenvalue weighted by Crippen LogP contribution is 2.23. The van der Waals surface area contributed by atoms with E-state index in [1.54, 1.807) is 0 Å². The van der Waals surface area contributed by atoms with Gasteiger partial charge in [0.05, 0.1) is 0 Å². The lowest BCUT2D eigenvalue weighted by Crippen LogP contribution is -2.24. The summed E-state index contributed by atoms with van der Waals surface area (Å²) in [5.41, 5.74) is 3.92. The van der Waals surface area contributed by atoms with Crippen molar-refractivity contribution in [2.45, 2.75) is 6.42 Å². The fraction of sp³-hybridized carbons (Fsp3) is 0.286. The predicted octanol–water partition coefficient (Wildman–Crippen LogP) is 2.89. The molecule has 0 radical (unpaired) electrons. The number of hydrogen-bond donors (Lipinski definition) is 1. The van der Waals surface area contributed by atoms with Gasteiger partial charge in [0.1, 0.15) is 0 Å². The Morgan fingerprint density at radius 3 is 2.94 bits per heavy atom. The minimum absolute atomic E-state index is 1.05. The summed E-state index contributed by atoms with van der Waals surface area (Å²) in [4.78, 5) is 5.85. The molecule has 2 heterocycles. The van der Waals surface area contributed by atoms with Gasteiger partial charge in [-0.15, -0.1) is 0 Å². The zero-order valence-electron chi connectivity index (χ0n) is 9.53. The van der Waals surface area contributed by atoms with E-state index in [2.05, 4.69) is 53.3 Å². The summed E-state index contributed by atoms with van der Waals surface area (Å²) in [6.07, 6.45) is 3.51. The number of rotatable bonds is 1. The van der Waals surface area contributed by atoms with Gasteiger partial charge >= 0.3 is 0 Å². The average Bonchev–Trinajstić information content (AvgIpc) is 2.72. The molecule has 0 amide bonds. The van der Waals surface area contributed by atoms with Gasteiger partial charge in [0.25, 0.3) is 0 Å². The fourth-order valence-electron chi connectivity index (χ4n) is 2.34. The molecule has 1 aromatic heterocycles. The monoisotopic (exact) mass is 212 g/mol. The van der Waals surface area contributed by atoms with Crippen molar-refractivity contribution >= 4 is 16.5 Å². The van der Waals surface area contributed by atoms with Crippen molar-refractivity contribution in [3.8, 4) is 0 Å². The minimum Gasteiger partial charge on any atom is -0.355 e. The van der Waals surface area contributed by atoms with E-state index in [4.69, 9.17) is 0 Å². The molecular weight excluding hydrogens is 196 g/mol. The zero-order valence-corrected chi connectivity index (χ0v) is 9.53. The van der Waals surface area contributed by atoms with E-state index in [1.807, 2.05) is 0 Å². The first kappa shape index (κ1) is 9.67. The van der Waals surface area contributed by atoms with Crippen molar-refractivity contribution in [3.63, 3.8) is 0 Å². The van der Waals surface area contributed by atoms with E-state index in [-0.39, 0.29) is 0 Å². The van der Waals surface area contributed by atoms with Crippen LogP contribution in [-0.4, -0.2) is 30.0 Å². The second kappa shape index (κ2) is 3.80. The topological polar surface area (TPSA) is 19.0 Å². The lowest BCUT2D eigenvalue weighted by Gasteiger charge is -2.22. The first-order valence-corrected chi connectivity index (χ1v) is 5.78. The van der Waals surface area contributed by atoms with Crippen LogP contribution in [0.2, 0.25) is 0 Å². The summed E-state index contributed by atoms with van der Waals surface area (Å²) in [5.74, 6) is 0. The molecule has 0 saturated heterocycles. The smallest absolute Gasteiger partial charge is 0.0458 e. The highest BCUT2D eigenvalue weighted by molar-refractivity contribution is 5.85. The van der Waals surface area contributed by atoms with Crippen LogP contribution in [0, 0.1) is 0 Å². The van der Waals surface area contributed by atoms with Crippen molar-refractivity contribution in [2.24, 2.45) is 0 Å². The Morgan fingerprint density at radius 2 is 2.12 bits per heavy atom. The van der Waals surface area contributed by atoms with Crippen molar-refractivity contribution in [1.82, 2.24) is 9.88 Å². The molecule has 1 N–H and O–H groups in total. The number of likely N-dealkylation sites (N-methyl/N-ethyl adjacent to an activating group) is 1. The number of para-hydroxylation sites is 1. The number of aromatic nitrogens is 1. The number of nitrogens with zero attached hydrogens (tertiary/aromatic N) is 1. The maximum absolute atomic E-state index is 3.49. The number of H-pyrrole nitrogens is 1. The third-order valence-electron chi connectivity index (χ3n) is 3.22. The molecule has 0 bridgehead atoms. The number of nitrogens with one attached hydrogen (secondary N) is 1. The van der Waals surface area contributed by atoms with E-state index in [0.29, 0.717) is 0 Å². The van der Waals surface area contributed by atoms with Gasteiger partial charge in [-0.25, -0.2) is 0 Å². The van der Waals surface area contributed by atoms with Gasteiger partial charge in [0, 0.05) is 24.3 Å². The molecule has 0 atom stereocenters. The zero-order chi connectivity index (χ0) is 11.0. The highest BCUT2D eigenvalue weighted by atomic mass is 15.1. The van der Waals surface area contributed by atoms with Crippen LogP contribution >= 0.6 is 0 Å². The Balaban J connectivity index is 2.02. The van der Waals surface area contributed by atoms with Crippen molar-refractivity contribution in [3.05, 3.63) is 42.1 Å². The molecule has 2 aromatic rings. The third kappa shape index (κ3) is 1.65. The molecule has 82 valence electrons. The summed E-state index contributed by atoms with van der Waals surface area (Å²) in [7, 11) is 2.18. The molecule has 0 aliphatic carbocycles. The quantitative estimate of drug-likeness (QED) is 0.770. The highest BCUT2D eigenvalue weighted by Gasteiger charge is 2.11. The van der Waals surface area contributed by atoms with Crippen LogP contribution in [0.15, 0.2) is 36.4 Å². The maximum Gasteiger partial charge on any atom is 0.0458 e. The summed E-state index contributed by atoms with van der Waals surface area (Å²) >= 11 is 0. The molecule has 0 saturated carbocycles. The summed E-state index contributed by atoms with van der Waals surface area (Å²) in [6.45, 7) is 2.22. The van der Waals surface area contributed by atoms with Crippen molar-refractivity contribution < 1.29 is 0 Å². The Bertz CT molecular complexity index is 503. The minimum atomic E-state index is 1.05. The normalized spacial score (nSPS) is 17.7. The van der Waals surface area contributed by atoms with Crippen molar-refractivity contribution in [1.29, 1.82) is 0 Å². The standard InChI is InChI=1S/C14H16N2/c1-16-8-4-6-12(10-16)14-9-11-5-2-3-7-13(11)15-14/h2-3,5-7,9,15H,4,8,10H2,1H3. The molecule has 1 aliphatic rings. The number of aromatic amines is 1. The van der Waals surface area contributed by atoms with Crippen LogP contribution in [-0.2, 0) is 0 Å². The van der Waals surface area contributed by atoms with E-state index >= 15 is 0 Å². The van der Waals surface area contributed by atoms with E-state index < -0.39 is 0 Å². The van der Waals surface area contributed by atoms with E-state index in [9.17, 15) is 0 Å². The maximum atomic E-state index is 3.49. The lowest BCUT2D eigenvalue weighted by atomic mass is 10.1. The van der Waals surface area contributed by atoms with Gasteiger partial charge in [0.2, 0.25) is 0 Å². The van der Waals surface area contributed by atoms with Gasteiger partial charge in [-0.1, -0.05) is 24.3 Å². The molecule has 0 fully saturated rings. The summed E-state index contributed by atoms with van der Waals surface area (Å²) in [5, 5.41) is 1.30. The summed E-state index contributed by atoms with van der Waals surface area (Å²) in [6, 6.07) is 10.7. The van der Waals surface area contributed by atoms with Gasteiger partial charge in [-0.2, -0.15) is 0 Å². The SMILES string of the molecule is CN1CCC=C(c2cc3ccccc3[nH]2)C1. The van der Waals surface area contributed by atoms with Crippen molar-refractivity contribution in [2.75, 3.05) is 20.1 Å². The molecule has 2 heteroatoms.